The molecule has 0 radical (unpaired) electrons. The van der Waals surface area contributed by atoms with Crippen molar-refractivity contribution in [3.8, 4) is 6.07 Å². The molecule has 7 atom stereocenters. The number of fused-ring (bicyclic) bond motifs is 7. The second kappa shape index (κ2) is 8.14. The highest BCUT2D eigenvalue weighted by atomic mass is 16.1. The summed E-state index contributed by atoms with van der Waals surface area (Å²) in [4.78, 5) is 27.7. The summed E-state index contributed by atoms with van der Waals surface area (Å²) in [5.74, 6) is 0.699. The van der Waals surface area contributed by atoms with Crippen LogP contribution in [0.3, 0.4) is 0 Å². The van der Waals surface area contributed by atoms with Crippen LogP contribution in [0.1, 0.15) is 107 Å². The van der Waals surface area contributed by atoms with Gasteiger partial charge < -0.3 is 5.32 Å². The number of hydrogen-bond acceptors (Lipinski definition) is 4. The summed E-state index contributed by atoms with van der Waals surface area (Å²) in [6, 6.07) is 2.21. The lowest BCUT2D eigenvalue weighted by Gasteiger charge is -2.69. The molecule has 3 fully saturated rings. The van der Waals surface area contributed by atoms with E-state index in [1.807, 2.05) is 26.0 Å². The van der Waals surface area contributed by atoms with Gasteiger partial charge in [-0.3, -0.25) is 9.59 Å². The fraction of sp³-hybridized carbons (Fsp3) is 0.788. The van der Waals surface area contributed by atoms with Gasteiger partial charge in [-0.25, -0.2) is 0 Å². The van der Waals surface area contributed by atoms with Crippen LogP contribution in [0, 0.1) is 56.2 Å². The summed E-state index contributed by atoms with van der Waals surface area (Å²) in [6.07, 6.45) is 12.7. The number of nitrogens with zero attached hydrogens (tertiary/aromatic N) is 1. The van der Waals surface area contributed by atoms with Gasteiger partial charge in [-0.2, -0.15) is 5.26 Å². The van der Waals surface area contributed by atoms with Gasteiger partial charge in [-0.1, -0.05) is 67.0 Å². The highest BCUT2D eigenvalue weighted by Gasteiger charge is 2.69. The smallest absolute Gasteiger partial charge is 0.178 e. The van der Waals surface area contributed by atoms with Crippen molar-refractivity contribution in [2.45, 2.75) is 112 Å². The predicted molar refractivity (Wildman–Crippen MR) is 147 cm³/mol. The first-order valence-corrected chi connectivity index (χ1v) is 14.8. The molecule has 0 unspecified atom stereocenters. The van der Waals surface area contributed by atoms with Crippen molar-refractivity contribution in [3.63, 3.8) is 0 Å². The van der Waals surface area contributed by atoms with E-state index in [9.17, 15) is 14.9 Å². The van der Waals surface area contributed by atoms with Gasteiger partial charge in [0.25, 0.3) is 0 Å². The van der Waals surface area contributed by atoms with Crippen molar-refractivity contribution in [1.82, 2.24) is 5.32 Å². The third-order valence-electron chi connectivity index (χ3n) is 12.6. The number of allylic oxidation sites excluding steroid dienone is 4. The maximum Gasteiger partial charge on any atom is 0.178 e. The number of hydrogen-bond donors (Lipinski definition) is 1. The molecule has 4 heteroatoms. The zero-order valence-corrected chi connectivity index (χ0v) is 24.5. The Morgan fingerprint density at radius 2 is 1.68 bits per heavy atom. The number of nitriles is 1. The van der Waals surface area contributed by atoms with Crippen molar-refractivity contribution in [2.24, 2.45) is 44.8 Å². The zero-order valence-electron chi connectivity index (χ0n) is 24.5. The molecule has 4 nitrogen and oxygen atoms in total. The van der Waals surface area contributed by atoms with Crippen molar-refractivity contribution >= 4 is 11.6 Å². The molecule has 1 N–H and O–H groups in total. The number of carbonyl (C=O) groups is 2. The summed E-state index contributed by atoms with van der Waals surface area (Å²) in [5.41, 5.74) is 0.421. The highest BCUT2D eigenvalue weighted by molar-refractivity contribution is 6.04. The van der Waals surface area contributed by atoms with Crippen LogP contribution in [0.4, 0.5) is 0 Å². The molecule has 5 rings (SSSR count). The lowest BCUT2D eigenvalue weighted by molar-refractivity contribution is -0.161. The van der Waals surface area contributed by atoms with Crippen molar-refractivity contribution in [1.29, 1.82) is 5.26 Å². The molecular formula is C33H48N2O2. The first-order chi connectivity index (χ1) is 17.1. The van der Waals surface area contributed by atoms with E-state index in [-0.39, 0.29) is 45.0 Å². The fourth-order valence-electron chi connectivity index (χ4n) is 10.3. The number of Topliss-reactive ketones (excluding diaryl/α,β-unsaturated/α-hetero) is 1. The number of rotatable bonds is 3. The Hall–Kier alpha value is -1.73. The Bertz CT molecular complexity index is 1140. The normalized spacial score (nSPS) is 45.9. The molecule has 5 aliphatic rings. The Labute approximate surface area is 224 Å². The minimum atomic E-state index is -0.614. The van der Waals surface area contributed by atoms with Crippen LogP contribution in [0.5, 0.6) is 0 Å². The van der Waals surface area contributed by atoms with Crippen LogP contribution >= 0.6 is 0 Å². The monoisotopic (exact) mass is 504 g/mol. The molecule has 0 aromatic rings. The maximum absolute atomic E-state index is 14.4. The number of ketones is 2. The molecule has 0 aliphatic heterocycles. The van der Waals surface area contributed by atoms with E-state index in [1.54, 1.807) is 0 Å². The van der Waals surface area contributed by atoms with E-state index in [2.05, 4.69) is 52.9 Å². The topological polar surface area (TPSA) is 70.0 Å². The lowest BCUT2D eigenvalue weighted by Crippen LogP contribution is -2.69. The highest BCUT2D eigenvalue weighted by Crippen LogP contribution is 2.73. The first-order valence-electron chi connectivity index (χ1n) is 14.8. The quantitative estimate of drug-likeness (QED) is 0.451. The van der Waals surface area contributed by atoms with E-state index in [0.717, 1.165) is 51.5 Å². The summed E-state index contributed by atoms with van der Waals surface area (Å²) >= 11 is 0. The second-order valence-corrected chi connectivity index (χ2v) is 15.3. The van der Waals surface area contributed by atoms with E-state index in [4.69, 9.17) is 0 Å². The standard InChI is InChI=1S/C33H48N2O2/c1-9-16-35-33-14-12-28(2,3)19-22(33)26-23(36)17-25-30(6)18-21(20-34)27(37)29(4,5)24(30)10-11-31(25,7)32(26,8)13-15-33/h17-18,22,24,26,35H,9-16,19H2,1-8H3/t22-,24-,26-,30-,31+,32+,33-/m0/s1. The summed E-state index contributed by atoms with van der Waals surface area (Å²) < 4.78 is 0. The average Bonchev–Trinajstić information content (AvgIpc) is 2.82. The van der Waals surface area contributed by atoms with Gasteiger partial charge in [0.05, 0.1) is 5.57 Å². The largest absolute Gasteiger partial charge is 0.311 e. The Balaban J connectivity index is 1.67. The van der Waals surface area contributed by atoms with Crippen LogP contribution in [0.2, 0.25) is 0 Å². The average molecular weight is 505 g/mol. The third-order valence-corrected chi connectivity index (χ3v) is 12.6. The Kier molecular flexibility index (Phi) is 5.91. The molecule has 5 aliphatic carbocycles. The number of nitrogens with one attached hydrogen (secondary N) is 1. The first kappa shape index (κ1) is 26.9. The fourth-order valence-corrected chi connectivity index (χ4v) is 10.3. The molecule has 202 valence electrons. The van der Waals surface area contributed by atoms with Gasteiger partial charge in [0.1, 0.15) is 6.07 Å². The van der Waals surface area contributed by atoms with Gasteiger partial charge in [-0.05, 0) is 92.1 Å². The van der Waals surface area contributed by atoms with E-state index in [0.29, 0.717) is 11.7 Å². The summed E-state index contributed by atoms with van der Waals surface area (Å²) in [6.45, 7) is 19.1. The molecule has 0 bridgehead atoms. The van der Waals surface area contributed by atoms with Crippen LogP contribution in [0.15, 0.2) is 23.3 Å². The van der Waals surface area contributed by atoms with E-state index >= 15 is 0 Å². The van der Waals surface area contributed by atoms with Gasteiger partial charge in [0.2, 0.25) is 0 Å². The molecule has 0 aromatic carbocycles. The molecule has 37 heavy (non-hydrogen) atoms. The van der Waals surface area contributed by atoms with Gasteiger partial charge >= 0.3 is 0 Å². The van der Waals surface area contributed by atoms with Crippen molar-refractivity contribution < 1.29 is 9.59 Å². The van der Waals surface area contributed by atoms with E-state index < -0.39 is 10.8 Å². The minimum absolute atomic E-state index is 0.0109. The Morgan fingerprint density at radius 3 is 2.32 bits per heavy atom. The van der Waals surface area contributed by atoms with Gasteiger partial charge in [-0.15, -0.1) is 0 Å². The molecule has 0 saturated heterocycles. The minimum Gasteiger partial charge on any atom is -0.311 e. The predicted octanol–water partition coefficient (Wildman–Crippen LogP) is 6.96. The SMILES string of the molecule is CCCN[C@]12CCC(C)(C)C[C@H]1[C@H]1C(=O)C=C3[C@@]4(C)C=C(C#N)C(=O)C(C)(C)[C@@H]4CC[C@@]3(C)[C@]1(C)CC2. The van der Waals surface area contributed by atoms with Crippen LogP contribution in [-0.4, -0.2) is 23.7 Å². The van der Waals surface area contributed by atoms with Crippen LogP contribution in [-0.2, 0) is 9.59 Å². The third kappa shape index (κ3) is 3.41. The Morgan fingerprint density at radius 1 is 1.00 bits per heavy atom. The van der Waals surface area contributed by atoms with Gasteiger partial charge in [0, 0.05) is 22.3 Å². The van der Waals surface area contributed by atoms with Crippen molar-refractivity contribution in [2.75, 3.05) is 6.54 Å². The van der Waals surface area contributed by atoms with Crippen LogP contribution < -0.4 is 5.32 Å². The number of carbonyl (C=O) groups excluding carboxylic acids is 2. The van der Waals surface area contributed by atoms with Crippen molar-refractivity contribution in [3.05, 3.63) is 23.3 Å². The van der Waals surface area contributed by atoms with E-state index in [1.165, 1.54) is 12.0 Å². The van der Waals surface area contributed by atoms with Crippen LogP contribution in [0.25, 0.3) is 0 Å². The molecule has 0 aromatic heterocycles. The van der Waals surface area contributed by atoms with Gasteiger partial charge in [0.15, 0.2) is 11.6 Å². The molecule has 0 spiro atoms. The summed E-state index contributed by atoms with van der Waals surface area (Å²) in [5, 5.41) is 13.9. The maximum atomic E-state index is 14.4. The molecular weight excluding hydrogens is 456 g/mol. The molecule has 3 saturated carbocycles. The summed E-state index contributed by atoms with van der Waals surface area (Å²) in [7, 11) is 0. The molecule has 0 heterocycles. The molecule has 0 amide bonds. The second-order valence-electron chi connectivity index (χ2n) is 15.3. The zero-order chi connectivity index (χ0) is 27.2. The lowest BCUT2D eigenvalue weighted by atomic mass is 9.35.